The van der Waals surface area contributed by atoms with Crippen LogP contribution in [-0.2, 0) is 0 Å². The molecule has 5 nitrogen and oxygen atoms in total. The van der Waals surface area contributed by atoms with Crippen molar-refractivity contribution in [2.45, 2.75) is 13.8 Å². The highest BCUT2D eigenvalue weighted by Gasteiger charge is 2.04. The van der Waals surface area contributed by atoms with E-state index in [4.69, 9.17) is 0 Å². The Labute approximate surface area is 136 Å². The van der Waals surface area contributed by atoms with Crippen LogP contribution in [0.5, 0.6) is 5.75 Å². The first-order valence-corrected chi connectivity index (χ1v) is 7.61. The van der Waals surface area contributed by atoms with E-state index in [0.29, 0.717) is 5.56 Å². The van der Waals surface area contributed by atoms with E-state index < -0.39 is 0 Å². The van der Waals surface area contributed by atoms with Crippen molar-refractivity contribution in [2.75, 3.05) is 18.0 Å². The number of nitrogens with zero attached hydrogens (tertiary/aromatic N) is 2. The fraction of sp³-hybridized carbons (Fsp3) is 0.222. The van der Waals surface area contributed by atoms with Gasteiger partial charge in [0.2, 0.25) is 0 Å². The van der Waals surface area contributed by atoms with E-state index in [-0.39, 0.29) is 11.7 Å². The van der Waals surface area contributed by atoms with Crippen LogP contribution in [0, 0.1) is 0 Å². The highest BCUT2D eigenvalue weighted by atomic mass is 16.3. The molecule has 0 aromatic heterocycles. The number of carbonyl (C=O) groups excluding carboxylic acids is 1. The molecule has 0 aliphatic rings. The van der Waals surface area contributed by atoms with Gasteiger partial charge in [-0.1, -0.05) is 18.2 Å². The average molecular weight is 311 g/mol. The Morgan fingerprint density at radius 2 is 1.87 bits per heavy atom. The number of rotatable bonds is 6. The van der Waals surface area contributed by atoms with Crippen LogP contribution in [0.1, 0.15) is 29.8 Å². The summed E-state index contributed by atoms with van der Waals surface area (Å²) in [4.78, 5) is 14.1. The summed E-state index contributed by atoms with van der Waals surface area (Å²) in [5, 5.41) is 13.3. The number of amides is 1. The highest BCUT2D eigenvalue weighted by molar-refractivity contribution is 5.95. The van der Waals surface area contributed by atoms with Crippen LogP contribution in [0.4, 0.5) is 5.69 Å². The third kappa shape index (κ3) is 4.57. The van der Waals surface area contributed by atoms with Crippen molar-refractivity contribution >= 4 is 17.8 Å². The van der Waals surface area contributed by atoms with Gasteiger partial charge in [0.25, 0.3) is 5.91 Å². The molecule has 2 rings (SSSR count). The third-order valence-corrected chi connectivity index (χ3v) is 3.51. The lowest BCUT2D eigenvalue weighted by atomic mass is 10.2. The predicted molar refractivity (Wildman–Crippen MR) is 93.2 cm³/mol. The number of carbonyl (C=O) groups is 1. The number of phenols is 1. The molecule has 23 heavy (non-hydrogen) atoms. The molecule has 0 saturated carbocycles. The molecule has 2 aromatic carbocycles. The minimum absolute atomic E-state index is 0.0496. The molecule has 120 valence electrons. The molecule has 1 amide bonds. The summed E-state index contributed by atoms with van der Waals surface area (Å²) in [7, 11) is 0. The van der Waals surface area contributed by atoms with Crippen LogP contribution < -0.4 is 10.3 Å². The first-order chi connectivity index (χ1) is 11.1. The summed E-state index contributed by atoms with van der Waals surface area (Å²) in [6.07, 6.45) is 1.59. The summed E-state index contributed by atoms with van der Waals surface area (Å²) in [6, 6.07) is 14.1. The predicted octanol–water partition coefficient (Wildman–Crippen LogP) is 3.00. The van der Waals surface area contributed by atoms with Crippen molar-refractivity contribution in [1.82, 2.24) is 5.43 Å². The molecule has 0 atom stereocenters. The van der Waals surface area contributed by atoms with E-state index in [1.165, 1.54) is 12.1 Å². The number of hydrazone groups is 1. The molecule has 0 fully saturated rings. The van der Waals surface area contributed by atoms with Gasteiger partial charge in [-0.05, 0) is 49.7 Å². The monoisotopic (exact) mass is 311 g/mol. The fourth-order valence-corrected chi connectivity index (χ4v) is 2.24. The van der Waals surface area contributed by atoms with E-state index in [2.05, 4.69) is 29.3 Å². The summed E-state index contributed by atoms with van der Waals surface area (Å²) in [5.74, 6) is -0.314. The lowest BCUT2D eigenvalue weighted by Gasteiger charge is -2.20. The largest absolute Gasteiger partial charge is 0.508 e. The second kappa shape index (κ2) is 7.98. The lowest BCUT2D eigenvalue weighted by molar-refractivity contribution is 0.0954. The van der Waals surface area contributed by atoms with Gasteiger partial charge < -0.3 is 10.0 Å². The smallest absolute Gasteiger partial charge is 0.271 e. The van der Waals surface area contributed by atoms with Gasteiger partial charge >= 0.3 is 0 Å². The fourth-order valence-electron chi connectivity index (χ4n) is 2.24. The van der Waals surface area contributed by atoms with E-state index >= 15 is 0 Å². The van der Waals surface area contributed by atoms with Crippen LogP contribution >= 0.6 is 0 Å². The number of nitrogens with one attached hydrogen (secondary N) is 1. The molecular formula is C18H21N3O2. The Morgan fingerprint density at radius 3 is 2.48 bits per heavy atom. The summed E-state index contributed by atoms with van der Waals surface area (Å²) >= 11 is 0. The zero-order chi connectivity index (χ0) is 16.7. The number of hydrogen-bond acceptors (Lipinski definition) is 4. The molecule has 0 saturated heterocycles. The van der Waals surface area contributed by atoms with E-state index in [9.17, 15) is 9.90 Å². The topological polar surface area (TPSA) is 64.9 Å². The number of benzene rings is 2. The molecular weight excluding hydrogens is 290 g/mol. The van der Waals surface area contributed by atoms with Gasteiger partial charge in [-0.15, -0.1) is 0 Å². The second-order valence-electron chi connectivity index (χ2n) is 5.01. The van der Waals surface area contributed by atoms with Gasteiger partial charge in [-0.2, -0.15) is 5.10 Å². The Bertz CT molecular complexity index is 677. The molecule has 0 heterocycles. The van der Waals surface area contributed by atoms with Crippen molar-refractivity contribution < 1.29 is 9.90 Å². The standard InChI is InChI=1S/C18H21N3O2/c1-3-21(4-2)16-10-8-14(9-11-16)13-19-20-18(23)15-6-5-7-17(22)12-15/h5-13,22H,3-4H2,1-2H3,(H,20,23)/b19-13-. The molecule has 0 radical (unpaired) electrons. The van der Waals surface area contributed by atoms with Crippen molar-refractivity contribution in [1.29, 1.82) is 0 Å². The van der Waals surface area contributed by atoms with E-state index in [1.54, 1.807) is 18.3 Å². The molecule has 0 unspecified atom stereocenters. The maximum Gasteiger partial charge on any atom is 0.271 e. The van der Waals surface area contributed by atoms with E-state index in [1.807, 2.05) is 24.3 Å². The second-order valence-corrected chi connectivity index (χ2v) is 5.01. The molecule has 2 N–H and O–H groups in total. The first kappa shape index (κ1) is 16.5. The van der Waals surface area contributed by atoms with Crippen LogP contribution in [0.25, 0.3) is 0 Å². The molecule has 0 aliphatic heterocycles. The Kier molecular flexibility index (Phi) is 5.74. The molecule has 0 bridgehead atoms. The first-order valence-electron chi connectivity index (χ1n) is 7.61. The van der Waals surface area contributed by atoms with Crippen molar-refractivity contribution in [3.63, 3.8) is 0 Å². The number of anilines is 1. The van der Waals surface area contributed by atoms with Crippen LogP contribution in [-0.4, -0.2) is 30.3 Å². The summed E-state index contributed by atoms with van der Waals surface area (Å²) in [6.45, 7) is 6.17. The zero-order valence-corrected chi connectivity index (χ0v) is 13.4. The van der Waals surface area contributed by atoms with Crippen molar-refractivity contribution in [3.05, 3.63) is 59.7 Å². The minimum atomic E-state index is -0.364. The van der Waals surface area contributed by atoms with Gasteiger partial charge in [0.15, 0.2) is 0 Å². The SMILES string of the molecule is CCN(CC)c1ccc(/C=N\NC(=O)c2cccc(O)c2)cc1. The van der Waals surface area contributed by atoms with Gasteiger partial charge in [0.1, 0.15) is 5.75 Å². The van der Waals surface area contributed by atoms with Crippen LogP contribution in [0.2, 0.25) is 0 Å². The average Bonchev–Trinajstić information content (AvgIpc) is 2.57. The normalized spacial score (nSPS) is 10.7. The number of hydrogen-bond donors (Lipinski definition) is 2. The quantitative estimate of drug-likeness (QED) is 0.636. The lowest BCUT2D eigenvalue weighted by Crippen LogP contribution is -2.21. The Balaban J connectivity index is 1.96. The molecule has 0 aliphatic carbocycles. The maximum absolute atomic E-state index is 11.9. The number of aromatic hydroxyl groups is 1. The van der Waals surface area contributed by atoms with E-state index in [0.717, 1.165) is 24.3 Å². The van der Waals surface area contributed by atoms with Gasteiger partial charge in [-0.25, -0.2) is 5.43 Å². The highest BCUT2D eigenvalue weighted by Crippen LogP contribution is 2.14. The summed E-state index contributed by atoms with van der Waals surface area (Å²) in [5.41, 5.74) is 4.87. The van der Waals surface area contributed by atoms with Crippen LogP contribution in [0.3, 0.4) is 0 Å². The summed E-state index contributed by atoms with van der Waals surface area (Å²) < 4.78 is 0. The zero-order valence-electron chi connectivity index (χ0n) is 13.4. The van der Waals surface area contributed by atoms with Crippen molar-refractivity contribution in [2.24, 2.45) is 5.10 Å². The maximum atomic E-state index is 11.9. The van der Waals surface area contributed by atoms with Gasteiger partial charge in [0, 0.05) is 24.3 Å². The number of phenolic OH excluding ortho intramolecular Hbond substituents is 1. The molecule has 5 heteroatoms. The Hall–Kier alpha value is -2.82. The molecule has 2 aromatic rings. The third-order valence-electron chi connectivity index (χ3n) is 3.51. The van der Waals surface area contributed by atoms with Gasteiger partial charge in [-0.3, -0.25) is 4.79 Å². The van der Waals surface area contributed by atoms with Crippen molar-refractivity contribution in [3.8, 4) is 5.75 Å². The Morgan fingerprint density at radius 1 is 1.17 bits per heavy atom. The van der Waals surface area contributed by atoms with Crippen LogP contribution in [0.15, 0.2) is 53.6 Å². The molecule has 0 spiro atoms. The van der Waals surface area contributed by atoms with Gasteiger partial charge in [0.05, 0.1) is 6.21 Å². The minimum Gasteiger partial charge on any atom is -0.508 e.